The van der Waals surface area contributed by atoms with Gasteiger partial charge in [-0.1, -0.05) is 54.6 Å². The third kappa shape index (κ3) is 4.33. The summed E-state index contributed by atoms with van der Waals surface area (Å²) in [6, 6.07) is 16.7. The van der Waals surface area contributed by atoms with Crippen molar-refractivity contribution in [3.05, 3.63) is 89.5 Å². The second-order valence-electron chi connectivity index (χ2n) is 7.41. The third-order valence-corrected chi connectivity index (χ3v) is 5.45. The molecule has 2 aromatic carbocycles. The number of hydrogen-bond donors (Lipinski definition) is 0. The summed E-state index contributed by atoms with van der Waals surface area (Å²) in [5, 5.41) is 4.26. The Hall–Kier alpha value is -3.25. The van der Waals surface area contributed by atoms with Crippen molar-refractivity contribution in [3.8, 4) is 5.69 Å². The van der Waals surface area contributed by atoms with E-state index in [0.29, 0.717) is 30.0 Å². The van der Waals surface area contributed by atoms with Crippen molar-refractivity contribution in [2.75, 3.05) is 32.7 Å². The molecule has 5 nitrogen and oxygen atoms in total. The number of piperazine rings is 1. The minimum absolute atomic E-state index is 0.0467. The maximum absolute atomic E-state index is 14.1. The van der Waals surface area contributed by atoms with Gasteiger partial charge in [0.15, 0.2) is 0 Å². The normalized spacial score (nSPS) is 15.1. The first-order valence-electron chi connectivity index (χ1n) is 10.2. The topological polar surface area (TPSA) is 41.4 Å². The van der Waals surface area contributed by atoms with Crippen LogP contribution in [0.15, 0.2) is 66.9 Å². The molecule has 6 heteroatoms. The second-order valence-corrected chi connectivity index (χ2v) is 7.41. The molecule has 1 aliphatic rings. The molecular weight excluding hydrogens is 379 g/mol. The Balaban J connectivity index is 1.36. The van der Waals surface area contributed by atoms with Gasteiger partial charge in [0.25, 0.3) is 5.91 Å². The van der Waals surface area contributed by atoms with Crippen molar-refractivity contribution in [1.82, 2.24) is 19.6 Å². The van der Waals surface area contributed by atoms with Crippen molar-refractivity contribution in [2.45, 2.75) is 6.92 Å². The van der Waals surface area contributed by atoms with Gasteiger partial charge < -0.3 is 4.90 Å². The summed E-state index contributed by atoms with van der Waals surface area (Å²) in [7, 11) is 0. The molecule has 0 unspecified atom stereocenters. The third-order valence-electron chi connectivity index (χ3n) is 5.45. The summed E-state index contributed by atoms with van der Waals surface area (Å²) in [5.74, 6) is -0.408. The van der Waals surface area contributed by atoms with Crippen LogP contribution in [0.3, 0.4) is 0 Å². The molecule has 1 fully saturated rings. The highest BCUT2D eigenvalue weighted by molar-refractivity contribution is 5.95. The Morgan fingerprint density at radius 1 is 1.03 bits per heavy atom. The largest absolute Gasteiger partial charge is 0.336 e. The van der Waals surface area contributed by atoms with Crippen LogP contribution in [0.4, 0.5) is 4.39 Å². The maximum atomic E-state index is 14.1. The van der Waals surface area contributed by atoms with E-state index in [1.54, 1.807) is 31.3 Å². The van der Waals surface area contributed by atoms with Crippen LogP contribution in [-0.2, 0) is 0 Å². The molecule has 0 N–H and O–H groups in total. The Morgan fingerprint density at radius 2 is 1.73 bits per heavy atom. The smallest absolute Gasteiger partial charge is 0.257 e. The lowest BCUT2D eigenvalue weighted by Crippen LogP contribution is -2.48. The number of para-hydroxylation sites is 1. The molecule has 4 rings (SSSR count). The minimum Gasteiger partial charge on any atom is -0.336 e. The van der Waals surface area contributed by atoms with Crippen LogP contribution >= 0.6 is 0 Å². The van der Waals surface area contributed by atoms with E-state index in [9.17, 15) is 9.18 Å². The van der Waals surface area contributed by atoms with Crippen molar-refractivity contribution in [2.24, 2.45) is 0 Å². The molecule has 154 valence electrons. The first-order chi connectivity index (χ1) is 14.6. The zero-order valence-electron chi connectivity index (χ0n) is 17.0. The van der Waals surface area contributed by atoms with Gasteiger partial charge in [0, 0.05) is 32.7 Å². The zero-order chi connectivity index (χ0) is 20.9. The number of benzene rings is 2. The molecule has 1 aromatic heterocycles. The average Bonchev–Trinajstić information content (AvgIpc) is 3.16. The van der Waals surface area contributed by atoms with E-state index >= 15 is 0 Å². The van der Waals surface area contributed by atoms with Crippen molar-refractivity contribution in [1.29, 1.82) is 0 Å². The van der Waals surface area contributed by atoms with Crippen molar-refractivity contribution >= 4 is 12.0 Å². The predicted octanol–water partition coefficient (Wildman–Crippen LogP) is 3.79. The van der Waals surface area contributed by atoms with Gasteiger partial charge in [0.1, 0.15) is 11.5 Å². The number of aromatic nitrogens is 2. The fourth-order valence-corrected chi connectivity index (χ4v) is 3.69. The van der Waals surface area contributed by atoms with Crippen LogP contribution < -0.4 is 0 Å². The van der Waals surface area contributed by atoms with E-state index < -0.39 is 0 Å². The summed E-state index contributed by atoms with van der Waals surface area (Å²) in [5.41, 5.74) is 2.71. The molecule has 1 saturated heterocycles. The van der Waals surface area contributed by atoms with E-state index in [4.69, 9.17) is 0 Å². The fraction of sp³-hybridized carbons (Fsp3) is 0.250. The first-order valence-corrected chi connectivity index (χ1v) is 10.2. The summed E-state index contributed by atoms with van der Waals surface area (Å²) >= 11 is 0. The molecule has 0 bridgehead atoms. The quantitative estimate of drug-likeness (QED) is 0.650. The lowest BCUT2D eigenvalue weighted by molar-refractivity contribution is 0.0649. The Morgan fingerprint density at radius 3 is 2.47 bits per heavy atom. The molecule has 3 aromatic rings. The van der Waals surface area contributed by atoms with Gasteiger partial charge in [-0.05, 0) is 24.6 Å². The van der Waals surface area contributed by atoms with Gasteiger partial charge in [-0.25, -0.2) is 9.07 Å². The van der Waals surface area contributed by atoms with Crippen LogP contribution in [-0.4, -0.2) is 58.2 Å². The highest BCUT2D eigenvalue weighted by Crippen LogP contribution is 2.19. The number of carbonyl (C=O) groups is 1. The molecular formula is C24H25FN4O. The Bertz CT molecular complexity index is 1040. The van der Waals surface area contributed by atoms with Gasteiger partial charge >= 0.3 is 0 Å². The molecule has 0 saturated carbocycles. The van der Waals surface area contributed by atoms with Crippen molar-refractivity contribution < 1.29 is 9.18 Å². The maximum Gasteiger partial charge on any atom is 0.257 e. The Kier molecular flexibility index (Phi) is 6.05. The predicted molar refractivity (Wildman–Crippen MR) is 116 cm³/mol. The second kappa shape index (κ2) is 9.05. The summed E-state index contributed by atoms with van der Waals surface area (Å²) < 4.78 is 15.6. The van der Waals surface area contributed by atoms with Crippen LogP contribution in [0.1, 0.15) is 21.6 Å². The lowest BCUT2D eigenvalue weighted by atomic mass is 10.2. The molecule has 1 amide bonds. The standard InChI is InChI=1S/C24H25FN4O/c1-19-21(18-26-29(19)23-12-6-5-11-22(23)25)24(30)28-16-14-27(15-17-28)13-7-10-20-8-3-2-4-9-20/h2-12,18H,13-17H2,1H3/b10-7+. The van der Waals surface area contributed by atoms with E-state index in [2.05, 4.69) is 34.3 Å². The van der Waals surface area contributed by atoms with Crippen LogP contribution in [0.25, 0.3) is 11.8 Å². The number of amides is 1. The SMILES string of the molecule is Cc1c(C(=O)N2CCN(C/C=C/c3ccccc3)CC2)cnn1-c1ccccc1F. The fourth-order valence-electron chi connectivity index (χ4n) is 3.69. The summed E-state index contributed by atoms with van der Waals surface area (Å²) in [6.45, 7) is 5.65. The van der Waals surface area contributed by atoms with Gasteiger partial charge in [0.05, 0.1) is 17.5 Å². The van der Waals surface area contributed by atoms with Crippen LogP contribution in [0.5, 0.6) is 0 Å². The lowest BCUT2D eigenvalue weighted by Gasteiger charge is -2.34. The Labute approximate surface area is 176 Å². The number of halogens is 1. The van der Waals surface area contributed by atoms with Gasteiger partial charge in [-0.2, -0.15) is 5.10 Å². The number of carbonyl (C=O) groups excluding carboxylic acids is 1. The molecule has 0 atom stereocenters. The average molecular weight is 404 g/mol. The van der Waals surface area contributed by atoms with Crippen molar-refractivity contribution in [3.63, 3.8) is 0 Å². The molecule has 1 aliphatic heterocycles. The highest BCUT2D eigenvalue weighted by atomic mass is 19.1. The molecule has 0 radical (unpaired) electrons. The van der Waals surface area contributed by atoms with E-state index in [0.717, 1.165) is 19.6 Å². The van der Waals surface area contributed by atoms with E-state index in [1.807, 2.05) is 23.1 Å². The number of rotatable bonds is 5. The molecule has 30 heavy (non-hydrogen) atoms. The highest BCUT2D eigenvalue weighted by Gasteiger charge is 2.25. The number of nitrogens with zero attached hydrogens (tertiary/aromatic N) is 4. The minimum atomic E-state index is -0.361. The summed E-state index contributed by atoms with van der Waals surface area (Å²) in [6.07, 6.45) is 5.83. The van der Waals surface area contributed by atoms with Crippen LogP contribution in [0.2, 0.25) is 0 Å². The molecule has 0 spiro atoms. The zero-order valence-corrected chi connectivity index (χ0v) is 17.0. The summed E-state index contributed by atoms with van der Waals surface area (Å²) in [4.78, 5) is 17.2. The van der Waals surface area contributed by atoms with Gasteiger partial charge in [-0.15, -0.1) is 0 Å². The van der Waals surface area contributed by atoms with E-state index in [-0.39, 0.29) is 11.7 Å². The van der Waals surface area contributed by atoms with Gasteiger partial charge in [-0.3, -0.25) is 9.69 Å². The number of hydrogen-bond acceptors (Lipinski definition) is 3. The monoisotopic (exact) mass is 404 g/mol. The molecule has 2 heterocycles. The molecule has 0 aliphatic carbocycles. The first kappa shape index (κ1) is 20.0. The van der Waals surface area contributed by atoms with Gasteiger partial charge in [0.2, 0.25) is 0 Å². The van der Waals surface area contributed by atoms with Crippen LogP contribution in [0, 0.1) is 12.7 Å². The van der Waals surface area contributed by atoms with E-state index in [1.165, 1.54) is 16.3 Å².